The lowest BCUT2D eigenvalue weighted by molar-refractivity contribution is -0.0130. The van der Waals surface area contributed by atoms with E-state index in [4.69, 9.17) is 9.47 Å². The second-order valence-corrected chi connectivity index (χ2v) is 4.55. The van der Waals surface area contributed by atoms with Crippen molar-refractivity contribution in [1.82, 2.24) is 5.32 Å². The van der Waals surface area contributed by atoms with Crippen LogP contribution in [0.1, 0.15) is 45.4 Å². The number of hydrogen-bond acceptors (Lipinski definition) is 3. The summed E-state index contributed by atoms with van der Waals surface area (Å²) in [6, 6.07) is 0.536. The van der Waals surface area contributed by atoms with Crippen molar-refractivity contribution in [3.63, 3.8) is 0 Å². The highest BCUT2D eigenvalue weighted by atomic mass is 16.5. The van der Waals surface area contributed by atoms with E-state index in [1.165, 1.54) is 32.1 Å². The molecule has 0 spiro atoms. The van der Waals surface area contributed by atoms with Crippen LogP contribution in [-0.2, 0) is 9.47 Å². The number of nitrogens with one attached hydrogen (secondary N) is 1. The highest BCUT2D eigenvalue weighted by molar-refractivity contribution is 4.78. The Morgan fingerprint density at radius 1 is 1.06 bits per heavy atom. The number of hydrogen-bond donors (Lipinski definition) is 1. The van der Waals surface area contributed by atoms with Crippen molar-refractivity contribution in [2.45, 2.75) is 57.6 Å². The van der Waals surface area contributed by atoms with E-state index in [-0.39, 0.29) is 0 Å². The van der Waals surface area contributed by atoms with Gasteiger partial charge in [0, 0.05) is 12.6 Å². The molecule has 0 aliphatic heterocycles. The molecule has 0 radical (unpaired) electrons. The van der Waals surface area contributed by atoms with E-state index in [0.717, 1.165) is 26.2 Å². The van der Waals surface area contributed by atoms with Crippen molar-refractivity contribution in [3.8, 4) is 0 Å². The first-order valence-corrected chi connectivity index (χ1v) is 6.75. The highest BCUT2D eigenvalue weighted by Gasteiger charge is 2.22. The Hall–Kier alpha value is -0.120. The molecule has 0 heterocycles. The normalized spacial score (nSPS) is 26.6. The molecule has 1 rings (SSSR count). The molecule has 2 unspecified atom stereocenters. The van der Waals surface area contributed by atoms with Crippen LogP contribution in [0.4, 0.5) is 0 Å². The van der Waals surface area contributed by atoms with Gasteiger partial charge >= 0.3 is 0 Å². The molecule has 1 saturated carbocycles. The molecule has 0 bridgehead atoms. The Kier molecular flexibility index (Phi) is 7.81. The van der Waals surface area contributed by atoms with E-state index in [0.29, 0.717) is 12.1 Å². The van der Waals surface area contributed by atoms with Crippen LogP contribution in [0.15, 0.2) is 0 Å². The summed E-state index contributed by atoms with van der Waals surface area (Å²) < 4.78 is 11.4. The van der Waals surface area contributed by atoms with Crippen molar-refractivity contribution < 1.29 is 9.47 Å². The Morgan fingerprint density at radius 2 is 1.88 bits per heavy atom. The maximum atomic E-state index is 5.93. The van der Waals surface area contributed by atoms with Gasteiger partial charge in [-0.15, -0.1) is 0 Å². The molecule has 0 aromatic heterocycles. The lowest BCUT2D eigenvalue weighted by atomic mass is 10.1. The molecule has 3 nitrogen and oxygen atoms in total. The van der Waals surface area contributed by atoms with Gasteiger partial charge in [-0.3, -0.25) is 0 Å². The van der Waals surface area contributed by atoms with Gasteiger partial charge in [0.05, 0.1) is 19.3 Å². The largest absolute Gasteiger partial charge is 0.379 e. The van der Waals surface area contributed by atoms with Gasteiger partial charge in [0.2, 0.25) is 0 Å². The fourth-order valence-corrected chi connectivity index (χ4v) is 2.31. The molecule has 96 valence electrons. The van der Waals surface area contributed by atoms with Crippen molar-refractivity contribution in [2.75, 3.05) is 26.9 Å². The van der Waals surface area contributed by atoms with Gasteiger partial charge < -0.3 is 14.8 Å². The third kappa shape index (κ3) is 5.28. The molecule has 2 atom stereocenters. The van der Waals surface area contributed by atoms with Crippen LogP contribution < -0.4 is 5.32 Å². The summed E-state index contributed by atoms with van der Waals surface area (Å²) in [4.78, 5) is 0. The van der Waals surface area contributed by atoms with Crippen LogP contribution in [0.25, 0.3) is 0 Å². The van der Waals surface area contributed by atoms with Gasteiger partial charge in [0.1, 0.15) is 0 Å². The molecule has 0 saturated heterocycles. The lowest BCUT2D eigenvalue weighted by Crippen LogP contribution is -2.39. The zero-order chi connectivity index (χ0) is 11.6. The van der Waals surface area contributed by atoms with Crippen LogP contribution in [0.5, 0.6) is 0 Å². The molecule has 1 N–H and O–H groups in total. The van der Waals surface area contributed by atoms with E-state index >= 15 is 0 Å². The van der Waals surface area contributed by atoms with Gasteiger partial charge in [-0.25, -0.2) is 0 Å². The Labute approximate surface area is 99.9 Å². The zero-order valence-corrected chi connectivity index (χ0v) is 10.8. The summed E-state index contributed by atoms with van der Waals surface area (Å²) in [5.74, 6) is 0. The molecule has 1 fully saturated rings. The van der Waals surface area contributed by atoms with E-state index < -0.39 is 0 Å². The summed E-state index contributed by atoms with van der Waals surface area (Å²) in [5.41, 5.74) is 0. The summed E-state index contributed by atoms with van der Waals surface area (Å²) in [5, 5.41) is 3.38. The van der Waals surface area contributed by atoms with Crippen molar-refractivity contribution in [2.24, 2.45) is 0 Å². The highest BCUT2D eigenvalue weighted by Crippen LogP contribution is 2.20. The maximum absolute atomic E-state index is 5.93. The van der Waals surface area contributed by atoms with E-state index in [1.54, 1.807) is 0 Å². The minimum atomic E-state index is 0.387. The summed E-state index contributed by atoms with van der Waals surface area (Å²) in [7, 11) is 2.04. The Morgan fingerprint density at radius 3 is 2.62 bits per heavy atom. The number of likely N-dealkylation sites (N-methyl/N-ethyl adjacent to an activating group) is 1. The molecule has 3 heteroatoms. The van der Waals surface area contributed by atoms with Gasteiger partial charge in [0.25, 0.3) is 0 Å². The van der Waals surface area contributed by atoms with E-state index in [2.05, 4.69) is 12.2 Å². The second kappa shape index (κ2) is 8.97. The fraction of sp³-hybridized carbons (Fsp3) is 1.00. The van der Waals surface area contributed by atoms with Crippen molar-refractivity contribution in [3.05, 3.63) is 0 Å². The minimum absolute atomic E-state index is 0.387. The smallest absolute Gasteiger partial charge is 0.0729 e. The monoisotopic (exact) mass is 229 g/mol. The average Bonchev–Trinajstić information content (AvgIpc) is 2.53. The third-order valence-electron chi connectivity index (χ3n) is 3.23. The molecule has 16 heavy (non-hydrogen) atoms. The molecular weight excluding hydrogens is 202 g/mol. The van der Waals surface area contributed by atoms with Crippen LogP contribution in [-0.4, -0.2) is 39.0 Å². The first-order valence-electron chi connectivity index (χ1n) is 6.75. The topological polar surface area (TPSA) is 30.5 Å². The van der Waals surface area contributed by atoms with Gasteiger partial charge in [0.15, 0.2) is 0 Å². The predicted octanol–water partition coefficient (Wildman–Crippen LogP) is 2.35. The van der Waals surface area contributed by atoms with Gasteiger partial charge in [-0.1, -0.05) is 26.2 Å². The molecule has 0 amide bonds. The second-order valence-electron chi connectivity index (χ2n) is 4.55. The van der Waals surface area contributed by atoms with E-state index in [1.807, 2.05) is 7.05 Å². The van der Waals surface area contributed by atoms with Crippen LogP contribution in [0.3, 0.4) is 0 Å². The molecule has 1 aliphatic rings. The van der Waals surface area contributed by atoms with Gasteiger partial charge in [-0.2, -0.15) is 0 Å². The number of ether oxygens (including phenoxy) is 2. The first-order chi connectivity index (χ1) is 7.88. The molecule has 1 aliphatic carbocycles. The SMILES string of the molecule is CCCOCCOC1CCCCCC1NC. The first kappa shape index (κ1) is 13.9. The zero-order valence-electron chi connectivity index (χ0n) is 10.8. The Balaban J connectivity index is 2.15. The standard InChI is InChI=1S/C13H27NO2/c1-3-9-15-10-11-16-13-8-6-4-5-7-12(13)14-2/h12-14H,3-11H2,1-2H3. The summed E-state index contributed by atoms with van der Waals surface area (Å²) >= 11 is 0. The molecule has 0 aromatic rings. The predicted molar refractivity (Wildman–Crippen MR) is 66.8 cm³/mol. The Bertz CT molecular complexity index is 164. The maximum Gasteiger partial charge on any atom is 0.0729 e. The minimum Gasteiger partial charge on any atom is -0.379 e. The fourth-order valence-electron chi connectivity index (χ4n) is 2.31. The molecular formula is C13H27NO2. The lowest BCUT2D eigenvalue weighted by Gasteiger charge is -2.24. The van der Waals surface area contributed by atoms with Crippen molar-refractivity contribution in [1.29, 1.82) is 0 Å². The molecule has 0 aromatic carbocycles. The summed E-state index contributed by atoms with van der Waals surface area (Å²) in [6.07, 6.45) is 7.90. The quantitative estimate of drug-likeness (QED) is 0.537. The number of rotatable bonds is 7. The van der Waals surface area contributed by atoms with E-state index in [9.17, 15) is 0 Å². The third-order valence-corrected chi connectivity index (χ3v) is 3.23. The van der Waals surface area contributed by atoms with Crippen LogP contribution in [0.2, 0.25) is 0 Å². The summed E-state index contributed by atoms with van der Waals surface area (Å²) in [6.45, 7) is 4.45. The van der Waals surface area contributed by atoms with Crippen LogP contribution in [0, 0.1) is 0 Å². The van der Waals surface area contributed by atoms with Crippen LogP contribution >= 0.6 is 0 Å². The average molecular weight is 229 g/mol. The van der Waals surface area contributed by atoms with Crippen molar-refractivity contribution >= 4 is 0 Å². The van der Waals surface area contributed by atoms with Gasteiger partial charge in [-0.05, 0) is 26.3 Å².